The van der Waals surface area contributed by atoms with E-state index in [0.29, 0.717) is 11.4 Å². The first-order chi connectivity index (χ1) is 5.58. The number of nitrogens with one attached hydrogen (secondary N) is 1. The molecule has 0 aliphatic heterocycles. The molecule has 0 unspecified atom stereocenters. The first kappa shape index (κ1) is 8.45. The average Bonchev–Trinajstić information content (AvgIpc) is 1.81. The van der Waals surface area contributed by atoms with E-state index in [1.807, 2.05) is 5.32 Å². The van der Waals surface area contributed by atoms with Crippen molar-refractivity contribution in [3.05, 3.63) is 17.5 Å². The van der Waals surface area contributed by atoms with Crippen molar-refractivity contribution in [3.63, 3.8) is 0 Å². The van der Waals surface area contributed by atoms with E-state index in [-0.39, 0.29) is 5.95 Å². The summed E-state index contributed by atoms with van der Waals surface area (Å²) in [6.45, 7) is 3.52. The Morgan fingerprint density at radius 3 is 2.33 bits per heavy atom. The van der Waals surface area contributed by atoms with Gasteiger partial charge in [0.1, 0.15) is 6.09 Å². The summed E-state index contributed by atoms with van der Waals surface area (Å²) in [6.07, 6.45) is -1.40. The van der Waals surface area contributed by atoms with E-state index in [1.54, 1.807) is 19.9 Å². The fourth-order valence-corrected chi connectivity index (χ4v) is 0.873. The van der Waals surface area contributed by atoms with Gasteiger partial charge in [0.25, 0.3) is 0 Å². The first-order valence-electron chi connectivity index (χ1n) is 3.38. The molecule has 0 fully saturated rings. The van der Waals surface area contributed by atoms with E-state index < -0.39 is 6.09 Å². The summed E-state index contributed by atoms with van der Waals surface area (Å²) < 4.78 is 0. The lowest BCUT2D eigenvalue weighted by atomic mass is 10.4. The van der Waals surface area contributed by atoms with E-state index >= 15 is 0 Å². The van der Waals surface area contributed by atoms with Crippen LogP contribution < -0.4 is 10.4 Å². The Morgan fingerprint density at radius 1 is 1.42 bits per heavy atom. The quantitative estimate of drug-likeness (QED) is 0.629. The zero-order valence-electron chi connectivity index (χ0n) is 6.79. The van der Waals surface area contributed by atoms with Crippen molar-refractivity contribution in [2.24, 2.45) is 0 Å². The van der Waals surface area contributed by atoms with Crippen LogP contribution in [0.2, 0.25) is 0 Å². The van der Waals surface area contributed by atoms with Gasteiger partial charge >= 0.3 is 0 Å². The van der Waals surface area contributed by atoms with E-state index in [2.05, 4.69) is 9.97 Å². The van der Waals surface area contributed by atoms with Crippen molar-refractivity contribution < 1.29 is 9.90 Å². The Hall–Kier alpha value is -1.65. The molecule has 1 heterocycles. The molecule has 64 valence electrons. The first-order valence-corrected chi connectivity index (χ1v) is 3.38. The highest BCUT2D eigenvalue weighted by Gasteiger charge is 1.97. The Morgan fingerprint density at radius 2 is 1.92 bits per heavy atom. The highest BCUT2D eigenvalue weighted by atomic mass is 16.4. The van der Waals surface area contributed by atoms with Crippen molar-refractivity contribution in [1.29, 1.82) is 0 Å². The van der Waals surface area contributed by atoms with Gasteiger partial charge in [0, 0.05) is 11.4 Å². The zero-order chi connectivity index (χ0) is 9.14. The van der Waals surface area contributed by atoms with Gasteiger partial charge in [-0.1, -0.05) is 0 Å². The molecule has 1 aromatic rings. The molecule has 5 heteroatoms. The van der Waals surface area contributed by atoms with Crippen LogP contribution in [-0.4, -0.2) is 16.1 Å². The van der Waals surface area contributed by atoms with Crippen molar-refractivity contribution in [1.82, 2.24) is 9.97 Å². The minimum atomic E-state index is -1.40. The SMILES string of the molecule is Cc1cc(C)nc(NC(=O)[O-])n1. The summed E-state index contributed by atoms with van der Waals surface area (Å²) in [5.74, 6) is 0.0625. The van der Waals surface area contributed by atoms with Gasteiger partial charge in [-0.05, 0) is 19.9 Å². The molecule has 0 spiro atoms. The topological polar surface area (TPSA) is 77.9 Å². The maximum Gasteiger partial charge on any atom is 0.228 e. The molecular formula is C7H8N3O2-. The van der Waals surface area contributed by atoms with Crippen LogP contribution in [0.5, 0.6) is 0 Å². The van der Waals surface area contributed by atoms with Gasteiger partial charge in [-0.25, -0.2) is 9.97 Å². The van der Waals surface area contributed by atoms with Gasteiger partial charge in [0.05, 0.1) is 0 Å². The number of nitrogens with zero attached hydrogens (tertiary/aromatic N) is 2. The number of carboxylic acid groups (broad SMARTS) is 1. The maximum absolute atomic E-state index is 10.1. The lowest BCUT2D eigenvalue weighted by Gasteiger charge is -2.05. The number of carbonyl (C=O) groups is 1. The van der Waals surface area contributed by atoms with Crippen LogP contribution in [0.1, 0.15) is 11.4 Å². The molecular weight excluding hydrogens is 158 g/mol. The number of hydrogen-bond donors (Lipinski definition) is 1. The molecule has 1 rings (SSSR count). The van der Waals surface area contributed by atoms with Gasteiger partial charge in [0.15, 0.2) is 0 Å². The van der Waals surface area contributed by atoms with Crippen molar-refractivity contribution in [2.75, 3.05) is 5.32 Å². The maximum atomic E-state index is 10.1. The van der Waals surface area contributed by atoms with Gasteiger partial charge < -0.3 is 15.2 Å². The van der Waals surface area contributed by atoms with Crippen LogP contribution >= 0.6 is 0 Å². The summed E-state index contributed by atoms with van der Waals surface area (Å²) in [5.41, 5.74) is 1.43. The Kier molecular flexibility index (Phi) is 2.23. The summed E-state index contributed by atoms with van der Waals surface area (Å²) in [5, 5.41) is 12.1. The van der Waals surface area contributed by atoms with Crippen LogP contribution in [0, 0.1) is 13.8 Å². The molecule has 1 aromatic heterocycles. The standard InChI is InChI=1S/C7H9N3O2/c1-4-3-5(2)9-6(8-4)10-7(11)12/h3H,1-2H3,(H,11,12)(H,8,9,10)/p-1. The van der Waals surface area contributed by atoms with Crippen molar-refractivity contribution >= 4 is 12.0 Å². The molecule has 1 amide bonds. The molecule has 0 aliphatic carbocycles. The molecule has 1 N–H and O–H groups in total. The van der Waals surface area contributed by atoms with Gasteiger partial charge in [-0.2, -0.15) is 0 Å². The fraction of sp³-hybridized carbons (Fsp3) is 0.286. The van der Waals surface area contributed by atoms with Crippen molar-refractivity contribution in [2.45, 2.75) is 13.8 Å². The van der Waals surface area contributed by atoms with E-state index in [1.165, 1.54) is 0 Å². The summed E-state index contributed by atoms with van der Waals surface area (Å²) in [6, 6.07) is 1.75. The fourth-order valence-electron chi connectivity index (χ4n) is 0.873. The highest BCUT2D eigenvalue weighted by molar-refractivity contribution is 5.78. The number of carbonyl (C=O) groups excluding carboxylic acids is 1. The largest absolute Gasteiger partial charge is 0.530 e. The number of amides is 1. The summed E-state index contributed by atoms with van der Waals surface area (Å²) >= 11 is 0. The Labute approximate surface area is 69.5 Å². The molecule has 0 aliphatic rings. The number of aryl methyl sites for hydroxylation is 2. The summed E-state index contributed by atoms with van der Waals surface area (Å²) in [7, 11) is 0. The van der Waals surface area contributed by atoms with Gasteiger partial charge in [-0.3, -0.25) is 0 Å². The zero-order valence-corrected chi connectivity index (χ0v) is 6.79. The third-order valence-electron chi connectivity index (χ3n) is 1.20. The van der Waals surface area contributed by atoms with Crippen LogP contribution in [-0.2, 0) is 0 Å². The second-order valence-electron chi connectivity index (χ2n) is 2.39. The monoisotopic (exact) mass is 166 g/mol. The number of anilines is 1. The second-order valence-corrected chi connectivity index (χ2v) is 2.39. The molecule has 12 heavy (non-hydrogen) atoms. The van der Waals surface area contributed by atoms with Crippen LogP contribution in [0.15, 0.2) is 6.07 Å². The minimum absolute atomic E-state index is 0.0625. The van der Waals surface area contributed by atoms with Crippen molar-refractivity contribution in [3.8, 4) is 0 Å². The predicted octanol–water partition coefficient (Wildman–Crippen LogP) is -0.151. The molecule has 0 radical (unpaired) electrons. The number of hydrogen-bond acceptors (Lipinski definition) is 4. The van der Waals surface area contributed by atoms with Gasteiger partial charge in [-0.15, -0.1) is 0 Å². The van der Waals surface area contributed by atoms with Crippen LogP contribution in [0.25, 0.3) is 0 Å². The smallest absolute Gasteiger partial charge is 0.228 e. The van der Waals surface area contributed by atoms with E-state index in [4.69, 9.17) is 0 Å². The number of rotatable bonds is 1. The lowest BCUT2D eigenvalue weighted by Crippen LogP contribution is -2.29. The second kappa shape index (κ2) is 3.17. The minimum Gasteiger partial charge on any atom is -0.530 e. The van der Waals surface area contributed by atoms with Crippen LogP contribution in [0.4, 0.5) is 10.7 Å². The molecule has 0 bridgehead atoms. The third-order valence-corrected chi connectivity index (χ3v) is 1.20. The molecule has 0 atom stereocenters. The highest BCUT2D eigenvalue weighted by Crippen LogP contribution is 2.02. The van der Waals surface area contributed by atoms with Crippen LogP contribution in [0.3, 0.4) is 0 Å². The van der Waals surface area contributed by atoms with Gasteiger partial charge in [0.2, 0.25) is 5.95 Å². The lowest BCUT2D eigenvalue weighted by molar-refractivity contribution is -0.242. The summed E-state index contributed by atoms with van der Waals surface area (Å²) in [4.78, 5) is 17.8. The third kappa shape index (κ3) is 2.19. The normalized spacial score (nSPS) is 9.50. The molecule has 5 nitrogen and oxygen atoms in total. The number of aromatic nitrogens is 2. The Balaban J connectivity index is 2.93. The Bertz CT molecular complexity index is 291. The predicted molar refractivity (Wildman–Crippen MR) is 40.5 cm³/mol. The van der Waals surface area contributed by atoms with E-state index in [9.17, 15) is 9.90 Å². The molecule has 0 saturated heterocycles. The van der Waals surface area contributed by atoms with E-state index in [0.717, 1.165) is 0 Å². The molecule has 0 saturated carbocycles. The molecule has 0 aromatic carbocycles. The average molecular weight is 166 g/mol.